The monoisotopic (exact) mass is 228 g/mol. The number of likely N-dealkylation sites (tertiary alicyclic amines) is 1. The van der Waals surface area contributed by atoms with Crippen LogP contribution in [0.5, 0.6) is 0 Å². The summed E-state index contributed by atoms with van der Waals surface area (Å²) in [5.41, 5.74) is 0. The topological polar surface area (TPSA) is 15.3 Å². The molecule has 2 rings (SSSR count). The molecule has 0 amide bonds. The van der Waals surface area contributed by atoms with Crippen molar-refractivity contribution in [1.29, 1.82) is 0 Å². The average molecular weight is 228 g/mol. The standard InChI is InChI=1S/C10H20N2.2C2H6/c1-12-7-5-10(6-8-12)11-9-3-2-4-9;2*1-2/h9-11H,2-8H2,1H3;2*1-2H3. The molecular formula is C14H32N2. The number of nitrogens with zero attached hydrogens (tertiary/aromatic N) is 1. The summed E-state index contributed by atoms with van der Waals surface area (Å²) in [6.45, 7) is 10.6. The second kappa shape index (κ2) is 10.1. The minimum absolute atomic E-state index is 0.825. The first-order valence-electron chi connectivity index (χ1n) is 7.29. The first kappa shape index (κ1) is 15.9. The number of hydrogen-bond acceptors (Lipinski definition) is 2. The molecule has 0 aromatic heterocycles. The Morgan fingerprint density at radius 2 is 1.25 bits per heavy atom. The van der Waals surface area contributed by atoms with Gasteiger partial charge in [0, 0.05) is 12.1 Å². The normalized spacial score (nSPS) is 22.3. The van der Waals surface area contributed by atoms with Gasteiger partial charge in [-0.1, -0.05) is 34.1 Å². The van der Waals surface area contributed by atoms with Gasteiger partial charge in [0.2, 0.25) is 0 Å². The van der Waals surface area contributed by atoms with Gasteiger partial charge in [0.25, 0.3) is 0 Å². The Morgan fingerprint density at radius 1 is 0.812 bits per heavy atom. The Kier molecular flexibility index (Phi) is 10.0. The van der Waals surface area contributed by atoms with Crippen molar-refractivity contribution in [3.05, 3.63) is 0 Å². The third-order valence-electron chi connectivity index (χ3n) is 3.30. The van der Waals surface area contributed by atoms with Gasteiger partial charge in [-0.2, -0.15) is 0 Å². The summed E-state index contributed by atoms with van der Waals surface area (Å²) in [6, 6.07) is 1.70. The maximum absolute atomic E-state index is 3.75. The second-order valence-corrected chi connectivity index (χ2v) is 4.37. The van der Waals surface area contributed by atoms with Crippen molar-refractivity contribution in [2.75, 3.05) is 20.1 Å². The maximum atomic E-state index is 3.75. The Bertz CT molecular complexity index is 136. The van der Waals surface area contributed by atoms with E-state index in [1.165, 1.54) is 45.2 Å². The molecule has 1 saturated carbocycles. The fraction of sp³-hybridized carbons (Fsp3) is 1.00. The van der Waals surface area contributed by atoms with Crippen molar-refractivity contribution in [1.82, 2.24) is 10.2 Å². The summed E-state index contributed by atoms with van der Waals surface area (Å²) in [6.07, 6.45) is 7.00. The summed E-state index contributed by atoms with van der Waals surface area (Å²) in [4.78, 5) is 2.43. The molecule has 0 atom stereocenters. The van der Waals surface area contributed by atoms with Crippen molar-refractivity contribution in [3.8, 4) is 0 Å². The van der Waals surface area contributed by atoms with Crippen LogP contribution < -0.4 is 5.32 Å². The molecule has 1 aliphatic carbocycles. The highest BCUT2D eigenvalue weighted by atomic mass is 15.1. The number of hydrogen-bond donors (Lipinski definition) is 1. The quantitative estimate of drug-likeness (QED) is 0.780. The van der Waals surface area contributed by atoms with Crippen LogP contribution in [0.2, 0.25) is 0 Å². The first-order chi connectivity index (χ1) is 7.84. The fourth-order valence-corrected chi connectivity index (χ4v) is 2.08. The van der Waals surface area contributed by atoms with Crippen LogP contribution in [0.25, 0.3) is 0 Å². The largest absolute Gasteiger partial charge is 0.311 e. The molecule has 1 heterocycles. The van der Waals surface area contributed by atoms with E-state index in [1.54, 1.807) is 0 Å². The molecule has 2 fully saturated rings. The number of piperidine rings is 1. The van der Waals surface area contributed by atoms with Gasteiger partial charge in [-0.3, -0.25) is 0 Å². The molecule has 0 aromatic carbocycles. The summed E-state index contributed by atoms with van der Waals surface area (Å²) >= 11 is 0. The van der Waals surface area contributed by atoms with E-state index in [1.807, 2.05) is 27.7 Å². The summed E-state index contributed by atoms with van der Waals surface area (Å²) in [7, 11) is 2.22. The SMILES string of the molecule is CC.CC.CN1CCC(NC2CCC2)CC1. The van der Waals surface area contributed by atoms with Gasteiger partial charge >= 0.3 is 0 Å². The molecule has 1 saturated heterocycles. The van der Waals surface area contributed by atoms with E-state index in [9.17, 15) is 0 Å². The summed E-state index contributed by atoms with van der Waals surface area (Å²) < 4.78 is 0. The van der Waals surface area contributed by atoms with Crippen molar-refractivity contribution < 1.29 is 0 Å². The molecule has 16 heavy (non-hydrogen) atoms. The minimum atomic E-state index is 0.825. The van der Waals surface area contributed by atoms with Gasteiger partial charge in [0.1, 0.15) is 0 Å². The molecule has 2 nitrogen and oxygen atoms in total. The van der Waals surface area contributed by atoms with Gasteiger partial charge in [-0.05, 0) is 45.8 Å². The third-order valence-corrected chi connectivity index (χ3v) is 3.30. The molecule has 2 aliphatic rings. The predicted molar refractivity (Wildman–Crippen MR) is 74.0 cm³/mol. The molecule has 0 radical (unpaired) electrons. The van der Waals surface area contributed by atoms with Crippen LogP contribution in [0.1, 0.15) is 59.8 Å². The Labute approximate surface area is 103 Å². The Hall–Kier alpha value is -0.0800. The van der Waals surface area contributed by atoms with Gasteiger partial charge in [0.15, 0.2) is 0 Å². The molecule has 0 aromatic rings. The van der Waals surface area contributed by atoms with E-state index >= 15 is 0 Å². The highest BCUT2D eigenvalue weighted by Crippen LogP contribution is 2.20. The van der Waals surface area contributed by atoms with Crippen LogP contribution in [0.4, 0.5) is 0 Å². The minimum Gasteiger partial charge on any atom is -0.311 e. The van der Waals surface area contributed by atoms with Crippen LogP contribution in [0.15, 0.2) is 0 Å². The second-order valence-electron chi connectivity index (χ2n) is 4.37. The molecule has 0 unspecified atom stereocenters. The van der Waals surface area contributed by atoms with Gasteiger partial charge in [0.05, 0.1) is 0 Å². The molecule has 0 bridgehead atoms. The molecule has 2 heteroatoms. The van der Waals surface area contributed by atoms with Crippen LogP contribution in [-0.4, -0.2) is 37.1 Å². The maximum Gasteiger partial charge on any atom is 0.00939 e. The molecule has 1 N–H and O–H groups in total. The zero-order valence-corrected chi connectivity index (χ0v) is 12.1. The van der Waals surface area contributed by atoms with Crippen LogP contribution in [0, 0.1) is 0 Å². The Morgan fingerprint density at radius 3 is 1.62 bits per heavy atom. The number of rotatable bonds is 2. The van der Waals surface area contributed by atoms with E-state index in [2.05, 4.69) is 17.3 Å². The van der Waals surface area contributed by atoms with Gasteiger partial charge in [-0.15, -0.1) is 0 Å². The summed E-state index contributed by atoms with van der Waals surface area (Å²) in [5, 5.41) is 3.75. The third kappa shape index (κ3) is 5.86. The van der Waals surface area contributed by atoms with Gasteiger partial charge < -0.3 is 10.2 Å². The highest BCUT2D eigenvalue weighted by Gasteiger charge is 2.23. The van der Waals surface area contributed by atoms with Gasteiger partial charge in [-0.25, -0.2) is 0 Å². The number of nitrogens with one attached hydrogen (secondary N) is 1. The van der Waals surface area contributed by atoms with Crippen molar-refractivity contribution >= 4 is 0 Å². The lowest BCUT2D eigenvalue weighted by atomic mass is 9.91. The predicted octanol–water partition coefficient (Wildman–Crippen LogP) is 3.28. The zero-order valence-electron chi connectivity index (χ0n) is 12.1. The molecule has 0 spiro atoms. The lowest BCUT2D eigenvalue weighted by Crippen LogP contribution is -2.47. The van der Waals surface area contributed by atoms with Crippen LogP contribution in [-0.2, 0) is 0 Å². The lowest BCUT2D eigenvalue weighted by molar-refractivity contribution is 0.203. The molecule has 1 aliphatic heterocycles. The zero-order chi connectivity index (χ0) is 12.4. The van der Waals surface area contributed by atoms with Crippen LogP contribution in [0.3, 0.4) is 0 Å². The van der Waals surface area contributed by atoms with E-state index in [0.717, 1.165) is 12.1 Å². The fourth-order valence-electron chi connectivity index (χ4n) is 2.08. The van der Waals surface area contributed by atoms with Crippen molar-refractivity contribution in [2.24, 2.45) is 0 Å². The van der Waals surface area contributed by atoms with E-state index in [-0.39, 0.29) is 0 Å². The van der Waals surface area contributed by atoms with E-state index in [4.69, 9.17) is 0 Å². The van der Waals surface area contributed by atoms with E-state index in [0.29, 0.717) is 0 Å². The average Bonchev–Trinajstić information content (AvgIpc) is 2.31. The molecular weight excluding hydrogens is 196 g/mol. The van der Waals surface area contributed by atoms with E-state index < -0.39 is 0 Å². The lowest BCUT2D eigenvalue weighted by Gasteiger charge is -2.35. The first-order valence-corrected chi connectivity index (χ1v) is 7.29. The van der Waals surface area contributed by atoms with Crippen molar-refractivity contribution in [2.45, 2.75) is 71.9 Å². The summed E-state index contributed by atoms with van der Waals surface area (Å²) in [5.74, 6) is 0. The smallest absolute Gasteiger partial charge is 0.00939 e. The van der Waals surface area contributed by atoms with Crippen LogP contribution >= 0.6 is 0 Å². The molecule has 98 valence electrons. The Balaban J connectivity index is 0.000000509. The highest BCUT2D eigenvalue weighted by molar-refractivity contribution is 4.83. The van der Waals surface area contributed by atoms with Crippen molar-refractivity contribution in [3.63, 3.8) is 0 Å².